The molecule has 0 radical (unpaired) electrons. The van der Waals surface area contributed by atoms with Crippen LogP contribution in [0.25, 0.3) is 10.1 Å². The number of rotatable bonds is 4. The lowest BCUT2D eigenvalue weighted by molar-refractivity contribution is 0.101. The van der Waals surface area contributed by atoms with Gasteiger partial charge in [-0.2, -0.15) is 0 Å². The number of benzene rings is 1. The Hall–Kier alpha value is -2.21. The lowest BCUT2D eigenvalue weighted by atomic mass is 9.82. The summed E-state index contributed by atoms with van der Waals surface area (Å²) in [6, 6.07) is 6.35. The van der Waals surface area contributed by atoms with Crippen LogP contribution in [-0.4, -0.2) is 20.8 Å². The van der Waals surface area contributed by atoms with Gasteiger partial charge in [0.2, 0.25) is 0 Å². The van der Waals surface area contributed by atoms with Gasteiger partial charge in [0.1, 0.15) is 12.7 Å². The molecule has 114 valence electrons. The second-order valence-corrected chi connectivity index (χ2v) is 6.82. The van der Waals surface area contributed by atoms with E-state index < -0.39 is 0 Å². The second-order valence-electron chi connectivity index (χ2n) is 5.91. The summed E-state index contributed by atoms with van der Waals surface area (Å²) >= 11 is 1.59. The van der Waals surface area contributed by atoms with Crippen LogP contribution in [0, 0.1) is 0 Å². The van der Waals surface area contributed by atoms with E-state index in [4.69, 9.17) is 0 Å². The van der Waals surface area contributed by atoms with Crippen molar-refractivity contribution >= 4 is 27.3 Å². The summed E-state index contributed by atoms with van der Waals surface area (Å²) in [5.74, 6) is -0.159. The Bertz CT molecular complexity index is 805. The predicted octanol–water partition coefficient (Wildman–Crippen LogP) is 3.56. The first-order valence-corrected chi connectivity index (χ1v) is 8.07. The number of amides is 1. The van der Waals surface area contributed by atoms with Crippen molar-refractivity contribution in [3.05, 3.63) is 47.4 Å². The van der Waals surface area contributed by atoms with E-state index in [1.807, 2.05) is 11.4 Å². The molecule has 0 aliphatic rings. The molecule has 2 heterocycles. The molecule has 5 nitrogen and oxygen atoms in total. The Morgan fingerprint density at radius 1 is 1.32 bits per heavy atom. The molecule has 2 aromatic heterocycles. The summed E-state index contributed by atoms with van der Waals surface area (Å²) < 4.78 is 2.58. The molecule has 0 aliphatic carbocycles. The minimum Gasteiger partial charge on any atom is -0.267 e. The number of nitrogens with one attached hydrogen (secondary N) is 1. The SMILES string of the molecule is CCC(C)(C)c1ccc2c(C(=O)Nn3cnnc3)csc2c1. The van der Waals surface area contributed by atoms with Crippen molar-refractivity contribution in [1.82, 2.24) is 14.9 Å². The van der Waals surface area contributed by atoms with Crippen LogP contribution in [-0.2, 0) is 5.41 Å². The normalized spacial score (nSPS) is 11.8. The van der Waals surface area contributed by atoms with Crippen LogP contribution in [0.2, 0.25) is 0 Å². The average molecular weight is 314 g/mol. The minimum atomic E-state index is -0.159. The standard InChI is InChI=1S/C16H18N4OS/c1-4-16(2,3)11-5-6-12-13(8-22-14(12)7-11)15(21)19-20-9-17-18-10-20/h5-10H,4H2,1-3H3,(H,19,21). The van der Waals surface area contributed by atoms with E-state index in [0.717, 1.165) is 16.5 Å². The third kappa shape index (κ3) is 2.62. The zero-order chi connectivity index (χ0) is 15.7. The van der Waals surface area contributed by atoms with Crippen LogP contribution in [0.5, 0.6) is 0 Å². The van der Waals surface area contributed by atoms with Crippen LogP contribution in [0.1, 0.15) is 43.1 Å². The topological polar surface area (TPSA) is 59.8 Å². The van der Waals surface area contributed by atoms with Crippen LogP contribution >= 0.6 is 11.3 Å². The van der Waals surface area contributed by atoms with Crippen molar-refractivity contribution < 1.29 is 4.79 Å². The lowest BCUT2D eigenvalue weighted by Gasteiger charge is -2.23. The summed E-state index contributed by atoms with van der Waals surface area (Å²) in [6.07, 6.45) is 3.98. The zero-order valence-electron chi connectivity index (χ0n) is 12.8. The Morgan fingerprint density at radius 3 is 2.73 bits per heavy atom. The Labute approximate surface area is 133 Å². The van der Waals surface area contributed by atoms with Gasteiger partial charge in [0.05, 0.1) is 5.56 Å². The van der Waals surface area contributed by atoms with Gasteiger partial charge < -0.3 is 0 Å². The number of aromatic nitrogens is 3. The highest BCUT2D eigenvalue weighted by molar-refractivity contribution is 7.17. The molecule has 0 fully saturated rings. The molecular formula is C16H18N4OS. The second kappa shape index (κ2) is 5.53. The van der Waals surface area contributed by atoms with Gasteiger partial charge in [-0.25, -0.2) is 4.68 Å². The van der Waals surface area contributed by atoms with E-state index in [9.17, 15) is 4.79 Å². The molecule has 6 heteroatoms. The molecule has 0 saturated carbocycles. The molecule has 0 saturated heterocycles. The molecule has 22 heavy (non-hydrogen) atoms. The maximum atomic E-state index is 12.3. The summed E-state index contributed by atoms with van der Waals surface area (Å²) in [5.41, 5.74) is 4.85. The van der Waals surface area contributed by atoms with E-state index in [0.29, 0.717) is 5.56 Å². The van der Waals surface area contributed by atoms with Crippen molar-refractivity contribution in [1.29, 1.82) is 0 Å². The highest BCUT2D eigenvalue weighted by atomic mass is 32.1. The van der Waals surface area contributed by atoms with Crippen molar-refractivity contribution in [3.63, 3.8) is 0 Å². The third-order valence-electron chi connectivity index (χ3n) is 4.13. The van der Waals surface area contributed by atoms with Crippen molar-refractivity contribution in [2.45, 2.75) is 32.6 Å². The predicted molar refractivity (Wildman–Crippen MR) is 88.9 cm³/mol. The Morgan fingerprint density at radius 2 is 2.05 bits per heavy atom. The van der Waals surface area contributed by atoms with Gasteiger partial charge in [0.15, 0.2) is 0 Å². The van der Waals surface area contributed by atoms with Gasteiger partial charge >= 0.3 is 0 Å². The number of thiophene rings is 1. The molecule has 3 aromatic rings. The van der Waals surface area contributed by atoms with E-state index in [1.165, 1.54) is 22.9 Å². The van der Waals surface area contributed by atoms with Gasteiger partial charge in [-0.15, -0.1) is 21.5 Å². The number of nitrogens with zero attached hydrogens (tertiary/aromatic N) is 3. The quantitative estimate of drug-likeness (QED) is 0.801. The van der Waals surface area contributed by atoms with Gasteiger partial charge in [-0.3, -0.25) is 10.2 Å². The van der Waals surface area contributed by atoms with Crippen LogP contribution in [0.3, 0.4) is 0 Å². The Balaban J connectivity index is 1.94. The summed E-state index contributed by atoms with van der Waals surface area (Å²) in [5, 5.41) is 10.2. The van der Waals surface area contributed by atoms with E-state index in [1.54, 1.807) is 11.3 Å². The molecule has 1 N–H and O–H groups in total. The molecule has 0 atom stereocenters. The average Bonchev–Trinajstić information content (AvgIpc) is 3.15. The monoisotopic (exact) mass is 314 g/mol. The number of carbonyl (C=O) groups is 1. The largest absolute Gasteiger partial charge is 0.271 e. The molecule has 0 unspecified atom stereocenters. The van der Waals surface area contributed by atoms with Gasteiger partial charge in [-0.05, 0) is 23.5 Å². The number of fused-ring (bicyclic) bond motifs is 1. The fraction of sp³-hybridized carbons (Fsp3) is 0.312. The van der Waals surface area contributed by atoms with Crippen LogP contribution < -0.4 is 5.43 Å². The maximum absolute atomic E-state index is 12.3. The number of hydrogen-bond acceptors (Lipinski definition) is 4. The molecule has 3 rings (SSSR count). The molecule has 1 amide bonds. The van der Waals surface area contributed by atoms with Crippen LogP contribution in [0.15, 0.2) is 36.2 Å². The van der Waals surface area contributed by atoms with Crippen molar-refractivity contribution in [2.24, 2.45) is 0 Å². The van der Waals surface area contributed by atoms with E-state index >= 15 is 0 Å². The summed E-state index contributed by atoms with van der Waals surface area (Å²) in [4.78, 5) is 12.3. The highest BCUT2D eigenvalue weighted by Gasteiger charge is 2.20. The molecule has 0 spiro atoms. The van der Waals surface area contributed by atoms with Gasteiger partial charge in [0.25, 0.3) is 5.91 Å². The van der Waals surface area contributed by atoms with Crippen molar-refractivity contribution in [2.75, 3.05) is 5.43 Å². The lowest BCUT2D eigenvalue weighted by Crippen LogP contribution is -2.21. The van der Waals surface area contributed by atoms with Gasteiger partial charge in [-0.1, -0.05) is 32.9 Å². The van der Waals surface area contributed by atoms with Crippen molar-refractivity contribution in [3.8, 4) is 0 Å². The third-order valence-corrected chi connectivity index (χ3v) is 5.08. The van der Waals surface area contributed by atoms with Crippen LogP contribution in [0.4, 0.5) is 0 Å². The smallest absolute Gasteiger partial charge is 0.267 e. The molecule has 0 aliphatic heterocycles. The summed E-state index contributed by atoms with van der Waals surface area (Å²) in [7, 11) is 0. The molecular weight excluding hydrogens is 296 g/mol. The first-order chi connectivity index (χ1) is 10.5. The summed E-state index contributed by atoms with van der Waals surface area (Å²) in [6.45, 7) is 6.67. The minimum absolute atomic E-state index is 0.142. The number of hydrogen-bond donors (Lipinski definition) is 1. The fourth-order valence-electron chi connectivity index (χ4n) is 2.27. The zero-order valence-corrected chi connectivity index (χ0v) is 13.6. The first kappa shape index (κ1) is 14.7. The fourth-order valence-corrected chi connectivity index (χ4v) is 3.24. The molecule has 1 aromatic carbocycles. The first-order valence-electron chi connectivity index (χ1n) is 7.19. The highest BCUT2D eigenvalue weighted by Crippen LogP contribution is 2.33. The molecule has 0 bridgehead atoms. The van der Waals surface area contributed by atoms with E-state index in [-0.39, 0.29) is 11.3 Å². The maximum Gasteiger partial charge on any atom is 0.271 e. The number of carbonyl (C=O) groups excluding carboxylic acids is 1. The Kier molecular flexibility index (Phi) is 3.70. The van der Waals surface area contributed by atoms with Gasteiger partial charge in [0, 0.05) is 15.5 Å². The van der Waals surface area contributed by atoms with E-state index in [2.05, 4.69) is 48.5 Å².